The quantitative estimate of drug-likeness (QED) is 0.783. The van der Waals surface area contributed by atoms with Crippen molar-refractivity contribution in [2.75, 3.05) is 5.73 Å². The van der Waals surface area contributed by atoms with Crippen molar-refractivity contribution in [1.29, 1.82) is 0 Å². The monoisotopic (exact) mass is 187 g/mol. The fourth-order valence-corrected chi connectivity index (χ4v) is 1.60. The van der Waals surface area contributed by atoms with Gasteiger partial charge in [0, 0.05) is 10.8 Å². The van der Waals surface area contributed by atoms with E-state index in [0.29, 0.717) is 5.82 Å². The zero-order chi connectivity index (χ0) is 9.97. The fourth-order valence-electron chi connectivity index (χ4n) is 1.60. The van der Waals surface area contributed by atoms with Crippen LogP contribution >= 0.6 is 0 Å². The van der Waals surface area contributed by atoms with Crippen molar-refractivity contribution in [3.05, 3.63) is 30.0 Å². The summed E-state index contributed by atoms with van der Waals surface area (Å²) in [7, 11) is 0. The molecule has 1 aromatic carbocycles. The summed E-state index contributed by atoms with van der Waals surface area (Å²) in [5.41, 5.74) is 6.79. The summed E-state index contributed by atoms with van der Waals surface area (Å²) in [6.45, 7) is 2.13. The molecule has 0 amide bonds. The van der Waals surface area contributed by atoms with Crippen LogP contribution in [-0.2, 0) is 6.42 Å². The molecule has 0 radical (unpaired) electrons. The van der Waals surface area contributed by atoms with Gasteiger partial charge in [0.15, 0.2) is 5.82 Å². The van der Waals surface area contributed by atoms with Gasteiger partial charge in [-0.25, -0.2) is 0 Å². The van der Waals surface area contributed by atoms with Crippen LogP contribution in [0.25, 0.3) is 10.8 Å². The van der Waals surface area contributed by atoms with Gasteiger partial charge in [-0.1, -0.05) is 37.6 Å². The number of aromatic nitrogens is 2. The van der Waals surface area contributed by atoms with Gasteiger partial charge in [0.2, 0.25) is 0 Å². The minimum absolute atomic E-state index is 0.514. The fraction of sp³-hybridized carbons (Fsp3) is 0.273. The van der Waals surface area contributed by atoms with Crippen LogP contribution in [0, 0.1) is 0 Å². The van der Waals surface area contributed by atoms with Gasteiger partial charge in [-0.3, -0.25) is 0 Å². The Morgan fingerprint density at radius 3 is 2.57 bits per heavy atom. The maximum atomic E-state index is 5.75. The molecule has 0 fully saturated rings. The molecule has 1 heterocycles. The highest BCUT2D eigenvalue weighted by molar-refractivity contribution is 5.91. The molecule has 0 spiro atoms. The maximum absolute atomic E-state index is 5.75. The summed E-state index contributed by atoms with van der Waals surface area (Å²) in [5, 5.41) is 10.2. The second-order valence-corrected chi connectivity index (χ2v) is 3.33. The molecule has 3 heteroatoms. The Bertz CT molecular complexity index is 451. The first-order chi connectivity index (χ1) is 6.83. The van der Waals surface area contributed by atoms with Gasteiger partial charge in [-0.2, -0.15) is 5.10 Å². The number of rotatable bonds is 2. The standard InChI is InChI=1S/C11H13N3/c1-2-5-10-8-6-3-4-7-9(8)11(12)14-13-10/h3-4,6-7H,2,5H2,1H3,(H2,12,14). The van der Waals surface area contributed by atoms with E-state index in [-0.39, 0.29) is 0 Å². The van der Waals surface area contributed by atoms with Crippen molar-refractivity contribution in [2.24, 2.45) is 0 Å². The maximum Gasteiger partial charge on any atom is 0.153 e. The van der Waals surface area contributed by atoms with Crippen LogP contribution in [0.15, 0.2) is 24.3 Å². The predicted octanol–water partition coefficient (Wildman–Crippen LogP) is 2.16. The molecule has 3 nitrogen and oxygen atoms in total. The average Bonchev–Trinajstić information content (AvgIpc) is 2.23. The number of hydrogen-bond acceptors (Lipinski definition) is 3. The topological polar surface area (TPSA) is 51.8 Å². The molecule has 0 atom stereocenters. The third kappa shape index (κ3) is 1.41. The van der Waals surface area contributed by atoms with Crippen molar-refractivity contribution in [3.63, 3.8) is 0 Å². The third-order valence-electron chi connectivity index (χ3n) is 2.28. The van der Waals surface area contributed by atoms with Gasteiger partial charge in [-0.15, -0.1) is 5.10 Å². The van der Waals surface area contributed by atoms with E-state index in [4.69, 9.17) is 5.73 Å². The first kappa shape index (κ1) is 8.94. The number of nitrogens with zero attached hydrogens (tertiary/aromatic N) is 2. The minimum Gasteiger partial charge on any atom is -0.382 e. The Labute approximate surface area is 83.0 Å². The number of anilines is 1. The summed E-state index contributed by atoms with van der Waals surface area (Å²) in [6, 6.07) is 8.00. The van der Waals surface area contributed by atoms with Crippen molar-refractivity contribution >= 4 is 16.6 Å². The summed E-state index contributed by atoms with van der Waals surface area (Å²) >= 11 is 0. The molecule has 0 aliphatic heterocycles. The molecule has 14 heavy (non-hydrogen) atoms. The number of hydrogen-bond donors (Lipinski definition) is 1. The van der Waals surface area contributed by atoms with E-state index in [0.717, 1.165) is 29.3 Å². The number of fused-ring (bicyclic) bond motifs is 1. The lowest BCUT2D eigenvalue weighted by atomic mass is 10.1. The van der Waals surface area contributed by atoms with Crippen molar-refractivity contribution in [2.45, 2.75) is 19.8 Å². The van der Waals surface area contributed by atoms with Crippen molar-refractivity contribution < 1.29 is 0 Å². The lowest BCUT2D eigenvalue weighted by molar-refractivity contribution is 0.855. The second kappa shape index (κ2) is 3.62. The van der Waals surface area contributed by atoms with E-state index in [1.54, 1.807) is 0 Å². The van der Waals surface area contributed by atoms with E-state index < -0.39 is 0 Å². The normalized spacial score (nSPS) is 10.6. The lowest BCUT2D eigenvalue weighted by Crippen LogP contribution is -1.99. The zero-order valence-corrected chi connectivity index (χ0v) is 8.20. The zero-order valence-electron chi connectivity index (χ0n) is 8.20. The van der Waals surface area contributed by atoms with Crippen LogP contribution in [0.5, 0.6) is 0 Å². The molecule has 0 unspecified atom stereocenters. The molecule has 72 valence electrons. The molecule has 2 aromatic rings. The minimum atomic E-state index is 0.514. The number of nitrogens with two attached hydrogens (primary N) is 1. The number of benzene rings is 1. The van der Waals surface area contributed by atoms with E-state index >= 15 is 0 Å². The van der Waals surface area contributed by atoms with E-state index in [9.17, 15) is 0 Å². The van der Waals surface area contributed by atoms with Crippen LogP contribution in [0.1, 0.15) is 19.0 Å². The van der Waals surface area contributed by atoms with Crippen LogP contribution in [-0.4, -0.2) is 10.2 Å². The Morgan fingerprint density at radius 2 is 1.86 bits per heavy atom. The van der Waals surface area contributed by atoms with E-state index in [2.05, 4.69) is 17.1 Å². The van der Waals surface area contributed by atoms with Crippen LogP contribution in [0.4, 0.5) is 5.82 Å². The third-order valence-corrected chi connectivity index (χ3v) is 2.28. The van der Waals surface area contributed by atoms with Crippen molar-refractivity contribution in [1.82, 2.24) is 10.2 Å². The SMILES string of the molecule is CCCc1nnc(N)c2ccccc12. The van der Waals surface area contributed by atoms with E-state index in [1.807, 2.05) is 24.3 Å². The Morgan fingerprint density at radius 1 is 1.14 bits per heavy atom. The first-order valence-corrected chi connectivity index (χ1v) is 4.82. The first-order valence-electron chi connectivity index (χ1n) is 4.82. The molecule has 2 N–H and O–H groups in total. The highest BCUT2D eigenvalue weighted by atomic mass is 15.1. The largest absolute Gasteiger partial charge is 0.382 e. The van der Waals surface area contributed by atoms with Crippen LogP contribution < -0.4 is 5.73 Å². The van der Waals surface area contributed by atoms with Gasteiger partial charge in [0.25, 0.3) is 0 Å². The van der Waals surface area contributed by atoms with Gasteiger partial charge in [-0.05, 0) is 6.42 Å². The van der Waals surface area contributed by atoms with Gasteiger partial charge >= 0.3 is 0 Å². The highest BCUT2D eigenvalue weighted by Gasteiger charge is 2.04. The summed E-state index contributed by atoms with van der Waals surface area (Å²) in [4.78, 5) is 0. The molecule has 0 saturated heterocycles. The highest BCUT2D eigenvalue weighted by Crippen LogP contribution is 2.21. The molecule has 0 aliphatic carbocycles. The summed E-state index contributed by atoms with van der Waals surface area (Å²) < 4.78 is 0. The van der Waals surface area contributed by atoms with E-state index in [1.165, 1.54) is 0 Å². The number of nitrogen functional groups attached to an aromatic ring is 1. The molecule has 0 aliphatic rings. The van der Waals surface area contributed by atoms with Gasteiger partial charge < -0.3 is 5.73 Å². The van der Waals surface area contributed by atoms with Gasteiger partial charge in [0.1, 0.15) is 0 Å². The summed E-state index contributed by atoms with van der Waals surface area (Å²) in [5.74, 6) is 0.514. The molecule has 0 saturated carbocycles. The number of aryl methyl sites for hydroxylation is 1. The Hall–Kier alpha value is -1.64. The molecule has 2 rings (SSSR count). The second-order valence-electron chi connectivity index (χ2n) is 3.33. The average molecular weight is 187 g/mol. The molecular weight excluding hydrogens is 174 g/mol. The molecule has 1 aromatic heterocycles. The smallest absolute Gasteiger partial charge is 0.153 e. The summed E-state index contributed by atoms with van der Waals surface area (Å²) in [6.07, 6.45) is 2.02. The van der Waals surface area contributed by atoms with Crippen molar-refractivity contribution in [3.8, 4) is 0 Å². The Kier molecular flexibility index (Phi) is 2.31. The Balaban J connectivity index is 2.68. The molecule has 0 bridgehead atoms. The van der Waals surface area contributed by atoms with Crippen LogP contribution in [0.2, 0.25) is 0 Å². The van der Waals surface area contributed by atoms with Crippen LogP contribution in [0.3, 0.4) is 0 Å². The predicted molar refractivity (Wildman–Crippen MR) is 57.9 cm³/mol. The molecular formula is C11H13N3. The lowest BCUT2D eigenvalue weighted by Gasteiger charge is -2.04. The van der Waals surface area contributed by atoms with Gasteiger partial charge in [0.05, 0.1) is 5.69 Å².